The summed E-state index contributed by atoms with van der Waals surface area (Å²) in [4.78, 5) is 0. The second kappa shape index (κ2) is 9.60. The summed E-state index contributed by atoms with van der Waals surface area (Å²) in [6.07, 6.45) is 10.5. The Bertz CT molecular complexity index is 906. The van der Waals surface area contributed by atoms with Gasteiger partial charge in [-0.1, -0.05) is 12.2 Å². The van der Waals surface area contributed by atoms with Crippen LogP contribution < -0.4 is 0 Å². The van der Waals surface area contributed by atoms with Crippen molar-refractivity contribution < 1.29 is 34.3 Å². The van der Waals surface area contributed by atoms with Crippen LogP contribution in [0.4, 0.5) is 0 Å². The van der Waals surface area contributed by atoms with Crippen LogP contribution in [0, 0.1) is 0 Å². The molecule has 4 aliphatic heterocycles. The van der Waals surface area contributed by atoms with Crippen molar-refractivity contribution in [3.63, 3.8) is 0 Å². The van der Waals surface area contributed by atoms with Crippen molar-refractivity contribution in [2.24, 2.45) is 0 Å². The SMILES string of the molecule is CC(C)(O)[C@@H](O)CC[C@]1(C)C=CC[C@@](C)([C@H]2CC[C@H]3OC([C@]4(C)CC[C@@H](O)C(C)(C)O4)=CC[C@]3(C)O2)O1. The fourth-order valence-electron chi connectivity index (χ4n) is 6.59. The number of hydrogen-bond acceptors (Lipinski definition) is 7. The molecule has 212 valence electrons. The largest absolute Gasteiger partial charge is 0.489 e. The molecule has 0 aromatic rings. The first-order valence-corrected chi connectivity index (χ1v) is 14.1. The average Bonchev–Trinajstić information content (AvgIpc) is 2.78. The summed E-state index contributed by atoms with van der Waals surface area (Å²) >= 11 is 0. The lowest BCUT2D eigenvalue weighted by Gasteiger charge is -2.55. The van der Waals surface area contributed by atoms with E-state index in [1.54, 1.807) is 13.8 Å². The molecule has 7 nitrogen and oxygen atoms in total. The van der Waals surface area contributed by atoms with Gasteiger partial charge in [0, 0.05) is 6.42 Å². The lowest BCUT2D eigenvalue weighted by molar-refractivity contribution is -0.273. The van der Waals surface area contributed by atoms with Crippen molar-refractivity contribution in [3.05, 3.63) is 24.0 Å². The first kappa shape index (κ1) is 29.0. The molecule has 0 saturated carbocycles. The monoisotopic (exact) mass is 522 g/mol. The number of rotatable bonds is 6. The van der Waals surface area contributed by atoms with E-state index in [9.17, 15) is 15.3 Å². The molecule has 0 unspecified atom stereocenters. The van der Waals surface area contributed by atoms with Crippen molar-refractivity contribution >= 4 is 0 Å². The Hall–Kier alpha value is -0.960. The van der Waals surface area contributed by atoms with Gasteiger partial charge in [0.15, 0.2) is 0 Å². The second-order valence-corrected chi connectivity index (χ2v) is 13.9. The predicted octanol–water partition coefficient (Wildman–Crippen LogP) is 4.71. The van der Waals surface area contributed by atoms with Crippen LogP contribution in [-0.2, 0) is 18.9 Å². The first-order chi connectivity index (χ1) is 16.9. The van der Waals surface area contributed by atoms with Crippen LogP contribution in [0.3, 0.4) is 0 Å². The third-order valence-corrected chi connectivity index (χ3v) is 9.32. The molecule has 0 aromatic heterocycles. The number of aliphatic hydroxyl groups excluding tert-OH is 2. The van der Waals surface area contributed by atoms with Gasteiger partial charge >= 0.3 is 0 Å². The predicted molar refractivity (Wildman–Crippen MR) is 142 cm³/mol. The topological polar surface area (TPSA) is 97.6 Å². The first-order valence-electron chi connectivity index (χ1n) is 14.1. The van der Waals surface area contributed by atoms with Gasteiger partial charge in [-0.25, -0.2) is 0 Å². The molecule has 0 aliphatic carbocycles. The summed E-state index contributed by atoms with van der Waals surface area (Å²) in [5.74, 6) is 0.859. The maximum Gasteiger partial charge on any atom is 0.127 e. The van der Waals surface area contributed by atoms with Gasteiger partial charge in [0.1, 0.15) is 23.1 Å². The van der Waals surface area contributed by atoms with Gasteiger partial charge in [0.2, 0.25) is 0 Å². The van der Waals surface area contributed by atoms with Crippen LogP contribution >= 0.6 is 0 Å². The fraction of sp³-hybridized carbons (Fsp3) is 0.867. The molecule has 0 bridgehead atoms. The van der Waals surface area contributed by atoms with Gasteiger partial charge in [-0.3, -0.25) is 0 Å². The van der Waals surface area contributed by atoms with Gasteiger partial charge in [-0.05, 0) is 106 Å². The number of fused-ring (bicyclic) bond motifs is 1. The molecule has 0 radical (unpaired) electrons. The molecule has 2 fully saturated rings. The smallest absolute Gasteiger partial charge is 0.127 e. The molecule has 4 rings (SSSR count). The Morgan fingerprint density at radius 1 is 0.973 bits per heavy atom. The van der Waals surface area contributed by atoms with E-state index in [2.05, 4.69) is 39.0 Å². The van der Waals surface area contributed by atoms with E-state index in [-0.39, 0.29) is 12.2 Å². The zero-order chi connectivity index (χ0) is 27.5. The molecule has 8 atom stereocenters. The maximum atomic E-state index is 10.4. The second-order valence-electron chi connectivity index (χ2n) is 13.9. The van der Waals surface area contributed by atoms with Gasteiger partial charge < -0.3 is 34.3 Å². The fourth-order valence-corrected chi connectivity index (χ4v) is 6.59. The minimum atomic E-state index is -1.14. The summed E-state index contributed by atoms with van der Waals surface area (Å²) in [6, 6.07) is 0. The van der Waals surface area contributed by atoms with E-state index in [0.29, 0.717) is 19.3 Å². The van der Waals surface area contributed by atoms with Crippen LogP contribution in [-0.4, -0.2) is 73.3 Å². The van der Waals surface area contributed by atoms with Crippen LogP contribution in [0.2, 0.25) is 0 Å². The summed E-state index contributed by atoms with van der Waals surface area (Å²) < 4.78 is 26.6. The molecule has 37 heavy (non-hydrogen) atoms. The third-order valence-electron chi connectivity index (χ3n) is 9.32. The van der Waals surface area contributed by atoms with Crippen molar-refractivity contribution in [3.8, 4) is 0 Å². The van der Waals surface area contributed by atoms with Crippen LogP contribution in [0.1, 0.15) is 107 Å². The Labute approximate surface area is 223 Å². The standard InChI is InChI=1S/C30H50O7/c1-25(2,33)20(31)12-17-27(5)15-9-16-29(7,37-27)24-11-10-22-28(6,35-24)19-14-23(34-22)30(8)18-13-21(32)26(3,4)36-30/h9,14-15,20-22,24,31-33H,10-13,16-19H2,1-8H3/t20-,21+,22+,24+,27-,28-,29-,30-/m0/s1. The van der Waals surface area contributed by atoms with Crippen molar-refractivity contribution in [2.45, 2.75) is 165 Å². The summed E-state index contributed by atoms with van der Waals surface area (Å²) in [5, 5.41) is 30.8. The van der Waals surface area contributed by atoms with E-state index in [0.717, 1.165) is 37.9 Å². The minimum Gasteiger partial charge on any atom is -0.489 e. The highest BCUT2D eigenvalue weighted by molar-refractivity contribution is 5.19. The Balaban J connectivity index is 1.44. The Morgan fingerprint density at radius 3 is 2.30 bits per heavy atom. The van der Waals surface area contributed by atoms with E-state index in [4.69, 9.17) is 18.9 Å². The third kappa shape index (κ3) is 5.82. The number of hydrogen-bond donors (Lipinski definition) is 3. The maximum absolute atomic E-state index is 10.4. The molecule has 0 aromatic carbocycles. The van der Waals surface area contributed by atoms with Crippen LogP contribution in [0.15, 0.2) is 24.0 Å². The molecule has 2 saturated heterocycles. The quantitative estimate of drug-likeness (QED) is 0.435. The summed E-state index contributed by atoms with van der Waals surface area (Å²) in [6.45, 7) is 15.5. The summed E-state index contributed by atoms with van der Waals surface area (Å²) in [7, 11) is 0. The molecular formula is C30H50O7. The zero-order valence-electron chi connectivity index (χ0n) is 24.2. The van der Waals surface area contributed by atoms with Crippen molar-refractivity contribution in [2.75, 3.05) is 0 Å². The van der Waals surface area contributed by atoms with Crippen molar-refractivity contribution in [1.29, 1.82) is 0 Å². The van der Waals surface area contributed by atoms with E-state index < -0.39 is 45.8 Å². The van der Waals surface area contributed by atoms with Gasteiger partial charge in [-0.15, -0.1) is 0 Å². The molecule has 4 aliphatic rings. The number of ether oxygens (including phenoxy) is 4. The summed E-state index contributed by atoms with van der Waals surface area (Å²) in [5.41, 5.74) is -3.83. The average molecular weight is 523 g/mol. The Kier molecular flexibility index (Phi) is 7.53. The van der Waals surface area contributed by atoms with Crippen LogP contribution in [0.5, 0.6) is 0 Å². The van der Waals surface area contributed by atoms with Gasteiger partial charge in [-0.2, -0.15) is 0 Å². The molecule has 4 heterocycles. The molecule has 7 heteroatoms. The molecule has 3 N–H and O–H groups in total. The molecular weight excluding hydrogens is 472 g/mol. The highest BCUT2D eigenvalue weighted by Crippen LogP contribution is 2.49. The lowest BCUT2D eigenvalue weighted by atomic mass is 9.77. The van der Waals surface area contributed by atoms with Gasteiger partial charge in [0.05, 0.1) is 40.7 Å². The Morgan fingerprint density at radius 2 is 1.65 bits per heavy atom. The number of aliphatic hydroxyl groups is 3. The highest BCUT2D eigenvalue weighted by atomic mass is 16.6. The van der Waals surface area contributed by atoms with E-state index in [1.807, 2.05) is 20.8 Å². The normalized spacial score (nSPS) is 44.9. The zero-order valence-corrected chi connectivity index (χ0v) is 24.2. The minimum absolute atomic E-state index is 0.0739. The molecule has 0 amide bonds. The highest BCUT2D eigenvalue weighted by Gasteiger charge is 2.54. The van der Waals surface area contributed by atoms with E-state index >= 15 is 0 Å². The van der Waals surface area contributed by atoms with Crippen molar-refractivity contribution in [1.82, 2.24) is 0 Å². The van der Waals surface area contributed by atoms with Crippen LogP contribution in [0.25, 0.3) is 0 Å². The van der Waals surface area contributed by atoms with Gasteiger partial charge in [0.25, 0.3) is 0 Å². The lowest BCUT2D eigenvalue weighted by Crippen LogP contribution is -2.61. The van der Waals surface area contributed by atoms with E-state index in [1.165, 1.54) is 0 Å². The molecule has 0 spiro atoms.